The Hall–Kier alpha value is -0.553. The number of cyclic esters (lactones) is 1. The van der Waals surface area contributed by atoms with Gasteiger partial charge in [0.2, 0.25) is 0 Å². The molecule has 2 aliphatic heterocycles. The van der Waals surface area contributed by atoms with Crippen LogP contribution in [0.5, 0.6) is 0 Å². The standard InChI is InChI=1S/C12H23NO3Si/c1-12(2,3)17(4,5)16-10-6-9-8-15-11(14)13(9)7-10/h9-10H,6-8H2,1-5H3/t9-,10+/m0/s1. The van der Waals surface area contributed by atoms with Gasteiger partial charge in [0.05, 0.1) is 12.1 Å². The number of rotatable bonds is 2. The zero-order valence-corrected chi connectivity index (χ0v) is 12.4. The zero-order chi connectivity index (χ0) is 12.8. The Bertz CT molecular complexity index is 324. The van der Waals surface area contributed by atoms with Gasteiger partial charge in [0.15, 0.2) is 8.32 Å². The van der Waals surface area contributed by atoms with Gasteiger partial charge in [-0.3, -0.25) is 4.90 Å². The first-order valence-electron chi connectivity index (χ1n) is 6.32. The van der Waals surface area contributed by atoms with Gasteiger partial charge in [-0.15, -0.1) is 0 Å². The third-order valence-electron chi connectivity index (χ3n) is 4.28. The predicted octanol–water partition coefficient (Wildman–Crippen LogP) is 2.60. The van der Waals surface area contributed by atoms with Crippen LogP contribution < -0.4 is 0 Å². The SMILES string of the molecule is CC(C)(C)[Si](C)(C)O[C@@H]1C[C@H]2COC(=O)N2C1. The van der Waals surface area contributed by atoms with Gasteiger partial charge in [-0.25, -0.2) is 4.79 Å². The molecule has 2 saturated heterocycles. The van der Waals surface area contributed by atoms with Gasteiger partial charge >= 0.3 is 6.09 Å². The molecular weight excluding hydrogens is 234 g/mol. The minimum absolute atomic E-state index is 0.170. The minimum atomic E-state index is -1.72. The van der Waals surface area contributed by atoms with Gasteiger partial charge in [0.25, 0.3) is 0 Å². The normalized spacial score (nSPS) is 29.5. The molecule has 4 nitrogen and oxygen atoms in total. The van der Waals surface area contributed by atoms with Gasteiger partial charge < -0.3 is 9.16 Å². The van der Waals surface area contributed by atoms with E-state index in [0.29, 0.717) is 13.2 Å². The van der Waals surface area contributed by atoms with Gasteiger partial charge in [-0.2, -0.15) is 0 Å². The van der Waals surface area contributed by atoms with E-state index >= 15 is 0 Å². The fourth-order valence-electron chi connectivity index (χ4n) is 2.18. The summed E-state index contributed by atoms with van der Waals surface area (Å²) < 4.78 is 11.3. The highest BCUT2D eigenvalue weighted by atomic mass is 28.4. The highest BCUT2D eigenvalue weighted by molar-refractivity contribution is 6.74. The van der Waals surface area contributed by atoms with Crippen LogP contribution in [0.1, 0.15) is 27.2 Å². The molecule has 98 valence electrons. The van der Waals surface area contributed by atoms with Crippen molar-refractivity contribution in [1.82, 2.24) is 4.90 Å². The van der Waals surface area contributed by atoms with Gasteiger partial charge in [-0.05, 0) is 24.6 Å². The molecule has 2 rings (SSSR count). The van der Waals surface area contributed by atoms with Gasteiger partial charge in [0, 0.05) is 6.54 Å². The molecule has 17 heavy (non-hydrogen) atoms. The number of ether oxygens (including phenoxy) is 1. The average Bonchev–Trinajstić information content (AvgIpc) is 2.66. The molecule has 0 saturated carbocycles. The molecule has 0 bridgehead atoms. The van der Waals surface area contributed by atoms with Crippen LogP contribution in [0, 0.1) is 0 Å². The molecule has 0 aliphatic carbocycles. The molecular formula is C12H23NO3Si. The van der Waals surface area contributed by atoms with Crippen molar-refractivity contribution in [2.24, 2.45) is 0 Å². The molecule has 0 aromatic carbocycles. The van der Waals surface area contributed by atoms with Crippen LogP contribution in [0.25, 0.3) is 0 Å². The summed E-state index contributed by atoms with van der Waals surface area (Å²) in [4.78, 5) is 13.2. The fraction of sp³-hybridized carbons (Fsp3) is 0.917. The Morgan fingerprint density at radius 1 is 1.41 bits per heavy atom. The Kier molecular flexibility index (Phi) is 3.02. The molecule has 2 aliphatic rings. The zero-order valence-electron chi connectivity index (χ0n) is 11.4. The van der Waals surface area contributed by atoms with Crippen molar-refractivity contribution in [3.8, 4) is 0 Å². The van der Waals surface area contributed by atoms with Crippen LogP contribution in [-0.2, 0) is 9.16 Å². The number of hydrogen-bond acceptors (Lipinski definition) is 3. The largest absolute Gasteiger partial charge is 0.447 e. The maximum absolute atomic E-state index is 11.4. The van der Waals surface area contributed by atoms with E-state index in [0.717, 1.165) is 6.42 Å². The predicted molar refractivity (Wildman–Crippen MR) is 68.5 cm³/mol. The summed E-state index contributed by atoms with van der Waals surface area (Å²) in [5, 5.41) is 0.223. The number of carbonyl (C=O) groups is 1. The summed E-state index contributed by atoms with van der Waals surface area (Å²) in [6.45, 7) is 12.5. The van der Waals surface area contributed by atoms with Crippen molar-refractivity contribution in [2.75, 3.05) is 13.2 Å². The molecule has 0 N–H and O–H groups in total. The number of nitrogens with zero attached hydrogens (tertiary/aromatic N) is 1. The Morgan fingerprint density at radius 3 is 2.59 bits per heavy atom. The molecule has 0 radical (unpaired) electrons. The van der Waals surface area contributed by atoms with E-state index in [1.807, 2.05) is 4.90 Å². The van der Waals surface area contributed by atoms with Crippen molar-refractivity contribution in [3.63, 3.8) is 0 Å². The lowest BCUT2D eigenvalue weighted by Gasteiger charge is -2.38. The second kappa shape index (κ2) is 3.98. The van der Waals surface area contributed by atoms with Gasteiger partial charge in [-0.1, -0.05) is 20.8 Å². The van der Waals surface area contributed by atoms with E-state index in [-0.39, 0.29) is 23.3 Å². The van der Waals surface area contributed by atoms with E-state index < -0.39 is 8.32 Å². The van der Waals surface area contributed by atoms with Gasteiger partial charge in [0.1, 0.15) is 6.61 Å². The van der Waals surface area contributed by atoms with Crippen LogP contribution in [0.15, 0.2) is 0 Å². The molecule has 0 aromatic heterocycles. The highest BCUT2D eigenvalue weighted by Crippen LogP contribution is 2.39. The summed E-state index contributed by atoms with van der Waals surface area (Å²) in [6.07, 6.45) is 0.961. The van der Waals surface area contributed by atoms with E-state index in [9.17, 15) is 4.79 Å². The number of hydrogen-bond donors (Lipinski definition) is 0. The van der Waals surface area contributed by atoms with E-state index in [2.05, 4.69) is 33.9 Å². The third kappa shape index (κ3) is 2.35. The molecule has 2 atom stereocenters. The lowest BCUT2D eigenvalue weighted by atomic mass is 10.2. The first-order valence-corrected chi connectivity index (χ1v) is 9.23. The second-order valence-corrected chi connectivity index (χ2v) is 11.4. The Morgan fingerprint density at radius 2 is 2.06 bits per heavy atom. The Labute approximate surface area is 104 Å². The molecule has 0 spiro atoms. The van der Waals surface area contributed by atoms with Crippen molar-refractivity contribution in [1.29, 1.82) is 0 Å². The smallest absolute Gasteiger partial charge is 0.410 e. The molecule has 0 unspecified atom stereocenters. The number of fused-ring (bicyclic) bond motifs is 1. The lowest BCUT2D eigenvalue weighted by Crippen LogP contribution is -2.44. The van der Waals surface area contributed by atoms with Crippen molar-refractivity contribution < 1.29 is 14.0 Å². The average molecular weight is 257 g/mol. The fourth-order valence-corrected chi connectivity index (χ4v) is 3.54. The summed E-state index contributed by atoms with van der Waals surface area (Å²) >= 11 is 0. The summed E-state index contributed by atoms with van der Waals surface area (Å²) in [7, 11) is -1.72. The lowest BCUT2D eigenvalue weighted by molar-refractivity contribution is 0.139. The van der Waals surface area contributed by atoms with Crippen molar-refractivity contribution in [3.05, 3.63) is 0 Å². The van der Waals surface area contributed by atoms with Crippen LogP contribution in [0.3, 0.4) is 0 Å². The van der Waals surface area contributed by atoms with E-state index in [4.69, 9.17) is 9.16 Å². The maximum atomic E-state index is 11.4. The second-order valence-electron chi connectivity index (χ2n) is 6.62. The summed E-state index contributed by atoms with van der Waals surface area (Å²) in [6, 6.07) is 0.247. The molecule has 2 heterocycles. The summed E-state index contributed by atoms with van der Waals surface area (Å²) in [5.41, 5.74) is 0. The van der Waals surface area contributed by atoms with Crippen LogP contribution in [-0.4, -0.2) is 44.6 Å². The van der Waals surface area contributed by atoms with Crippen molar-refractivity contribution in [2.45, 2.75) is 57.5 Å². The Balaban J connectivity index is 1.97. The van der Waals surface area contributed by atoms with E-state index in [1.165, 1.54) is 0 Å². The first-order chi connectivity index (χ1) is 7.71. The maximum Gasteiger partial charge on any atom is 0.410 e. The molecule has 5 heteroatoms. The third-order valence-corrected chi connectivity index (χ3v) is 8.81. The van der Waals surface area contributed by atoms with Crippen LogP contribution >= 0.6 is 0 Å². The van der Waals surface area contributed by atoms with E-state index in [1.54, 1.807) is 0 Å². The molecule has 0 aromatic rings. The monoisotopic (exact) mass is 257 g/mol. The van der Waals surface area contributed by atoms with Crippen LogP contribution in [0.4, 0.5) is 4.79 Å². The minimum Gasteiger partial charge on any atom is -0.447 e. The summed E-state index contributed by atoms with van der Waals surface area (Å²) in [5.74, 6) is 0. The van der Waals surface area contributed by atoms with Crippen molar-refractivity contribution >= 4 is 14.4 Å². The topological polar surface area (TPSA) is 38.8 Å². The number of amides is 1. The first kappa shape index (κ1) is 12.9. The quantitative estimate of drug-likeness (QED) is 0.714. The van der Waals surface area contributed by atoms with Crippen LogP contribution in [0.2, 0.25) is 18.1 Å². The highest BCUT2D eigenvalue weighted by Gasteiger charge is 2.46. The number of carbonyl (C=O) groups excluding carboxylic acids is 1. The molecule has 1 amide bonds. The molecule has 2 fully saturated rings.